The van der Waals surface area contributed by atoms with Crippen molar-refractivity contribution in [2.75, 3.05) is 6.61 Å². The molecule has 0 saturated carbocycles. The van der Waals surface area contributed by atoms with Gasteiger partial charge in [-0.05, 0) is 70.4 Å². The van der Waals surface area contributed by atoms with Crippen LogP contribution in [0.15, 0.2) is 34.6 Å². The summed E-state index contributed by atoms with van der Waals surface area (Å²) in [5, 5.41) is 31.2. The highest BCUT2D eigenvalue weighted by Crippen LogP contribution is 2.51. The number of aliphatic hydroxyl groups excluding tert-OH is 3. The fourth-order valence-electron chi connectivity index (χ4n) is 5.38. The van der Waals surface area contributed by atoms with Crippen molar-refractivity contribution in [3.63, 3.8) is 0 Å². The van der Waals surface area contributed by atoms with Crippen LogP contribution in [0.2, 0.25) is 0 Å². The lowest BCUT2D eigenvalue weighted by atomic mass is 9.70. The van der Waals surface area contributed by atoms with E-state index in [0.717, 1.165) is 30.4 Å². The van der Waals surface area contributed by atoms with Crippen LogP contribution >= 0.6 is 0 Å². The molecular formula is C25H38O5. The number of carbonyl (C=O) groups excluding carboxylic acids is 1. The molecule has 0 amide bonds. The zero-order valence-corrected chi connectivity index (χ0v) is 19.1. The quantitative estimate of drug-likeness (QED) is 0.579. The third-order valence-electron chi connectivity index (χ3n) is 7.85. The first-order chi connectivity index (χ1) is 14.0. The summed E-state index contributed by atoms with van der Waals surface area (Å²) in [4.78, 5) is 13.1. The number of carbonyl (C=O) groups is 1. The molecule has 2 heterocycles. The Morgan fingerprint density at radius 1 is 1.23 bits per heavy atom. The zero-order valence-electron chi connectivity index (χ0n) is 19.1. The normalized spacial score (nSPS) is 39.3. The second-order valence-corrected chi connectivity index (χ2v) is 10.1. The molecule has 2 bridgehead atoms. The summed E-state index contributed by atoms with van der Waals surface area (Å²) >= 11 is 0. The molecule has 3 rings (SSSR count). The molecule has 6 atom stereocenters. The van der Waals surface area contributed by atoms with Gasteiger partial charge in [0, 0.05) is 23.9 Å². The Balaban J connectivity index is 2.01. The van der Waals surface area contributed by atoms with Crippen molar-refractivity contribution >= 4 is 5.78 Å². The zero-order chi connectivity index (χ0) is 22.3. The van der Waals surface area contributed by atoms with Crippen LogP contribution < -0.4 is 0 Å². The molecule has 3 aliphatic rings. The van der Waals surface area contributed by atoms with E-state index in [1.807, 2.05) is 34.6 Å². The molecule has 0 radical (unpaired) electrons. The van der Waals surface area contributed by atoms with Crippen LogP contribution in [0.4, 0.5) is 0 Å². The summed E-state index contributed by atoms with van der Waals surface area (Å²) < 4.78 is 6.32. The van der Waals surface area contributed by atoms with Crippen LogP contribution in [0.3, 0.4) is 0 Å². The fourth-order valence-corrected chi connectivity index (χ4v) is 5.38. The van der Waals surface area contributed by atoms with Gasteiger partial charge in [0.15, 0.2) is 5.76 Å². The molecule has 5 nitrogen and oxygen atoms in total. The van der Waals surface area contributed by atoms with E-state index < -0.39 is 17.1 Å². The summed E-state index contributed by atoms with van der Waals surface area (Å²) in [6.45, 7) is 9.78. The number of aliphatic hydroxyl groups is 3. The van der Waals surface area contributed by atoms with E-state index in [4.69, 9.17) is 4.74 Å². The Bertz CT molecular complexity index is 778. The number of rotatable bonds is 2. The van der Waals surface area contributed by atoms with Crippen molar-refractivity contribution in [2.24, 2.45) is 17.3 Å². The third-order valence-corrected chi connectivity index (χ3v) is 7.85. The van der Waals surface area contributed by atoms with Crippen molar-refractivity contribution in [3.05, 3.63) is 34.6 Å². The molecule has 1 fully saturated rings. The van der Waals surface area contributed by atoms with Gasteiger partial charge in [0.1, 0.15) is 0 Å². The van der Waals surface area contributed by atoms with E-state index in [0.29, 0.717) is 24.8 Å². The van der Waals surface area contributed by atoms with Gasteiger partial charge in [0.25, 0.3) is 0 Å². The maximum absolute atomic E-state index is 13.1. The van der Waals surface area contributed by atoms with Gasteiger partial charge in [-0.25, -0.2) is 0 Å². The van der Waals surface area contributed by atoms with Gasteiger partial charge in [0.2, 0.25) is 5.78 Å². The first kappa shape index (κ1) is 23.2. The maximum Gasteiger partial charge on any atom is 0.203 e. The van der Waals surface area contributed by atoms with Gasteiger partial charge in [-0.2, -0.15) is 0 Å². The van der Waals surface area contributed by atoms with Gasteiger partial charge < -0.3 is 20.1 Å². The topological polar surface area (TPSA) is 87.0 Å². The van der Waals surface area contributed by atoms with Crippen molar-refractivity contribution in [2.45, 2.75) is 91.0 Å². The molecule has 3 N–H and O–H groups in total. The molecule has 5 heteroatoms. The summed E-state index contributed by atoms with van der Waals surface area (Å²) in [5.41, 5.74) is 1.64. The summed E-state index contributed by atoms with van der Waals surface area (Å²) in [7, 11) is 0. The first-order valence-corrected chi connectivity index (χ1v) is 11.3. The molecule has 1 saturated heterocycles. The summed E-state index contributed by atoms with van der Waals surface area (Å²) in [6.07, 6.45) is 7.85. The Morgan fingerprint density at radius 3 is 2.60 bits per heavy atom. The molecule has 0 spiro atoms. The lowest BCUT2D eigenvalue weighted by Gasteiger charge is -2.33. The number of hydrogen-bond acceptors (Lipinski definition) is 5. The average molecular weight is 419 g/mol. The van der Waals surface area contributed by atoms with E-state index in [-0.39, 0.29) is 36.1 Å². The molecule has 1 aliphatic carbocycles. The van der Waals surface area contributed by atoms with Gasteiger partial charge in [-0.1, -0.05) is 31.6 Å². The van der Waals surface area contributed by atoms with Crippen LogP contribution in [-0.4, -0.2) is 45.5 Å². The average Bonchev–Trinajstić information content (AvgIpc) is 3.21. The molecular weight excluding hydrogens is 380 g/mol. The highest BCUT2D eigenvalue weighted by molar-refractivity contribution is 6.02. The maximum atomic E-state index is 13.1. The van der Waals surface area contributed by atoms with Gasteiger partial charge in [0.05, 0.1) is 17.8 Å². The second-order valence-electron chi connectivity index (χ2n) is 10.1. The third kappa shape index (κ3) is 4.04. The van der Waals surface area contributed by atoms with Crippen LogP contribution in [-0.2, 0) is 9.53 Å². The highest BCUT2D eigenvalue weighted by atomic mass is 16.5. The van der Waals surface area contributed by atoms with Crippen molar-refractivity contribution in [1.82, 2.24) is 0 Å². The molecule has 30 heavy (non-hydrogen) atoms. The Morgan fingerprint density at radius 2 is 1.93 bits per heavy atom. The van der Waals surface area contributed by atoms with E-state index in [1.54, 1.807) is 0 Å². The first-order valence-electron chi connectivity index (χ1n) is 11.3. The van der Waals surface area contributed by atoms with E-state index in [1.165, 1.54) is 0 Å². The minimum absolute atomic E-state index is 0.0381. The minimum Gasteiger partial charge on any atom is -0.504 e. The van der Waals surface area contributed by atoms with Crippen molar-refractivity contribution in [1.29, 1.82) is 0 Å². The predicted molar refractivity (Wildman–Crippen MR) is 117 cm³/mol. The fraction of sp³-hybridized carbons (Fsp3) is 0.720. The SMILES string of the molecule is CC1=CC[C@]2(C)C(=O)C(O)=C([C@H](C)CO)[C@H]2CC=C(C)[C@@H]2CC[C@@](C)(O2)[C@@H](O)CC1. The molecule has 0 aromatic rings. The van der Waals surface area contributed by atoms with Crippen molar-refractivity contribution < 1.29 is 24.9 Å². The lowest BCUT2D eigenvalue weighted by Crippen LogP contribution is -2.39. The second kappa shape index (κ2) is 8.60. The van der Waals surface area contributed by atoms with Crippen molar-refractivity contribution in [3.8, 4) is 0 Å². The highest BCUT2D eigenvalue weighted by Gasteiger charge is 2.51. The molecule has 0 unspecified atom stereocenters. The van der Waals surface area contributed by atoms with Crippen LogP contribution in [0.5, 0.6) is 0 Å². The Kier molecular flexibility index (Phi) is 6.66. The molecule has 0 aromatic heterocycles. The van der Waals surface area contributed by atoms with E-state index in [2.05, 4.69) is 12.2 Å². The molecule has 2 aliphatic heterocycles. The summed E-state index contributed by atoms with van der Waals surface area (Å²) in [5.74, 6) is -0.813. The van der Waals surface area contributed by atoms with Gasteiger partial charge in [-0.3, -0.25) is 4.79 Å². The minimum atomic E-state index is -0.741. The van der Waals surface area contributed by atoms with Gasteiger partial charge >= 0.3 is 0 Å². The van der Waals surface area contributed by atoms with Crippen LogP contribution in [0, 0.1) is 17.3 Å². The number of hydrogen-bond donors (Lipinski definition) is 3. The number of ketones is 1. The number of ether oxygens (including phenoxy) is 1. The monoisotopic (exact) mass is 418 g/mol. The van der Waals surface area contributed by atoms with Gasteiger partial charge in [-0.15, -0.1) is 0 Å². The Labute approximate surface area is 180 Å². The van der Waals surface area contributed by atoms with E-state index >= 15 is 0 Å². The Hall–Kier alpha value is -1.43. The molecule has 0 aromatic carbocycles. The molecule has 168 valence electrons. The summed E-state index contributed by atoms with van der Waals surface area (Å²) in [6, 6.07) is 0. The smallest absolute Gasteiger partial charge is 0.203 e. The largest absolute Gasteiger partial charge is 0.504 e. The number of allylic oxidation sites excluding steroid dienone is 4. The predicted octanol–water partition coefficient (Wildman–Crippen LogP) is 4.40. The van der Waals surface area contributed by atoms with E-state index in [9.17, 15) is 20.1 Å². The standard InChI is InChI=1S/C25H38O5/c1-15-6-9-20(27)25(5)13-11-19(30-25)16(2)7-8-18-21(17(3)14-26)22(28)23(29)24(18,4)12-10-15/h7,10,17-20,26-28H,6,8-9,11-14H2,1-5H3/t17-,18-,19+,20+,24+,25-/m1/s1. The lowest BCUT2D eigenvalue weighted by molar-refractivity contribution is -0.126. The number of fused-ring (bicyclic) bond motifs is 3. The number of Topliss-reactive ketones (excluding diaryl/α,β-unsaturated/α-hetero) is 1. The van der Waals surface area contributed by atoms with Crippen LogP contribution in [0.1, 0.15) is 73.1 Å². The van der Waals surface area contributed by atoms with Crippen LogP contribution in [0.25, 0.3) is 0 Å².